The van der Waals surface area contributed by atoms with E-state index < -0.39 is 15.4 Å². The molecule has 0 aromatic carbocycles. The number of fused-ring (bicyclic) bond motifs is 20. The van der Waals surface area contributed by atoms with Gasteiger partial charge in [0.15, 0.2) is 0 Å². The largest absolute Gasteiger partial charge is 0.286 e. The molecule has 0 aromatic rings. The van der Waals surface area contributed by atoms with Gasteiger partial charge in [0.05, 0.1) is 54.6 Å². The van der Waals surface area contributed by atoms with Crippen LogP contribution in [0.1, 0.15) is 96.3 Å². The SMILES string of the molecule is O=S(=O)(O)C1CCCC2C3NC4NC(NC5NC(NC6NC(NC(N3)C21)C1CCCCC61)C1CCCCC51)C1CCCCC41.[Co].[Cu]. The second-order valence-electron chi connectivity index (χ2n) is 16.2. The fraction of sp³-hybridized carbons (Fsp3) is 1.00. The van der Waals surface area contributed by atoms with E-state index in [0.29, 0.717) is 54.3 Å². The van der Waals surface area contributed by atoms with Crippen molar-refractivity contribution in [2.45, 2.75) is 151 Å². The van der Waals surface area contributed by atoms with Gasteiger partial charge in [-0.05, 0) is 92.8 Å². The van der Waals surface area contributed by atoms with Crippen LogP contribution >= 0.6 is 0 Å². The maximum atomic E-state index is 12.8. The second kappa shape index (κ2) is 14.0. The predicted molar refractivity (Wildman–Crippen MR) is 168 cm³/mol. The Labute approximate surface area is 296 Å². The van der Waals surface area contributed by atoms with Gasteiger partial charge in [-0.1, -0.05) is 44.9 Å². The summed E-state index contributed by atoms with van der Waals surface area (Å²) < 4.78 is 36.1. The van der Waals surface area contributed by atoms with Gasteiger partial charge in [-0.15, -0.1) is 0 Å². The van der Waals surface area contributed by atoms with Gasteiger partial charge in [0.1, 0.15) is 0 Å². The third-order valence-electron chi connectivity index (χ3n) is 14.2. The van der Waals surface area contributed by atoms with Gasteiger partial charge in [0, 0.05) is 39.8 Å². The summed E-state index contributed by atoms with van der Waals surface area (Å²) in [5, 5.41) is 31.8. The first kappa shape index (κ1) is 35.0. The van der Waals surface area contributed by atoms with E-state index in [9.17, 15) is 13.0 Å². The molecule has 0 amide bonds. The molecule has 0 aromatic heterocycles. The van der Waals surface area contributed by atoms with Crippen molar-refractivity contribution in [2.75, 3.05) is 0 Å². The molecule has 9 rings (SSSR count). The van der Waals surface area contributed by atoms with Gasteiger partial charge in [0.2, 0.25) is 0 Å². The standard InChI is InChI=1S/C32H56N8O3S.Co.Cu/c41-44(42,43)23-15-7-14-22-24(23)32-39-30-21-13-6-5-12-20(21)28(37-30)35-26-17-9-2-1-8-16(17)25(33-26)34-27-18-10-3-4-11-19(18)29(36-27)38-31(22)40-32;;/h16-40H,1-15H2,(H,41,42,43);;. The van der Waals surface area contributed by atoms with Crippen LogP contribution in [0.5, 0.6) is 0 Å². The first-order chi connectivity index (χ1) is 21.4. The van der Waals surface area contributed by atoms with E-state index in [1.54, 1.807) is 0 Å². The van der Waals surface area contributed by atoms with Gasteiger partial charge in [-0.25, -0.2) is 0 Å². The Bertz CT molecular complexity index is 1190. The van der Waals surface area contributed by atoms with Crippen LogP contribution in [0.2, 0.25) is 0 Å². The third kappa shape index (κ3) is 6.14. The maximum absolute atomic E-state index is 12.8. The van der Waals surface area contributed by atoms with E-state index in [2.05, 4.69) is 42.5 Å². The molecule has 9 N–H and O–H groups in total. The van der Waals surface area contributed by atoms with Crippen LogP contribution < -0.4 is 42.5 Å². The van der Waals surface area contributed by atoms with Crippen LogP contribution in [0.25, 0.3) is 0 Å². The Morgan fingerprint density at radius 3 is 0.957 bits per heavy atom. The van der Waals surface area contributed by atoms with Crippen LogP contribution in [-0.2, 0) is 44.0 Å². The molecule has 11 nitrogen and oxygen atoms in total. The molecule has 268 valence electrons. The molecular weight excluding hydrogens is 699 g/mol. The molecule has 5 saturated heterocycles. The molecule has 5 heterocycles. The molecule has 9 fully saturated rings. The Hall–Kier alpha value is 0.616. The molecule has 8 bridgehead atoms. The van der Waals surface area contributed by atoms with Crippen molar-refractivity contribution in [3.05, 3.63) is 0 Å². The summed E-state index contributed by atoms with van der Waals surface area (Å²) >= 11 is 0. The summed E-state index contributed by atoms with van der Waals surface area (Å²) in [6.07, 6.45) is 18.9. The fourth-order valence-corrected chi connectivity index (χ4v) is 13.6. The Balaban J connectivity index is 0.00000169. The zero-order valence-electron chi connectivity index (χ0n) is 26.7. The first-order valence-electron chi connectivity index (χ1n) is 18.5. The van der Waals surface area contributed by atoms with Crippen LogP contribution in [0.3, 0.4) is 0 Å². The summed E-state index contributed by atoms with van der Waals surface area (Å²) in [6, 6.07) is 0. The van der Waals surface area contributed by atoms with Crippen molar-refractivity contribution in [3.63, 3.8) is 0 Å². The van der Waals surface area contributed by atoms with Crippen LogP contribution in [0, 0.1) is 47.3 Å². The topological polar surface area (TPSA) is 151 Å². The van der Waals surface area contributed by atoms with E-state index in [0.717, 1.165) is 12.8 Å². The minimum Gasteiger partial charge on any atom is -0.286 e. The van der Waals surface area contributed by atoms with Gasteiger partial charge in [-0.3, -0.25) is 47.1 Å². The Morgan fingerprint density at radius 1 is 0.391 bits per heavy atom. The summed E-state index contributed by atoms with van der Waals surface area (Å²) in [5.74, 6) is 3.50. The molecule has 46 heavy (non-hydrogen) atoms. The monoisotopic (exact) mass is 754 g/mol. The number of nitrogens with one attached hydrogen (secondary N) is 8. The quantitative estimate of drug-likeness (QED) is 0.142. The number of rotatable bonds is 1. The number of hydrogen-bond acceptors (Lipinski definition) is 10. The average molecular weight is 755 g/mol. The molecular formula is C32H56CoCuN8O3S. The summed E-state index contributed by atoms with van der Waals surface area (Å²) in [7, 11) is -4.16. The van der Waals surface area contributed by atoms with Crippen molar-refractivity contribution < 1.29 is 46.8 Å². The molecule has 14 heteroatoms. The average Bonchev–Trinajstić information content (AvgIpc) is 3.76. The normalized spacial score (nSPS) is 53.1. The Kier molecular flexibility index (Phi) is 10.6. The van der Waals surface area contributed by atoms with Crippen molar-refractivity contribution >= 4 is 10.1 Å². The number of hydrogen-bond donors (Lipinski definition) is 9. The van der Waals surface area contributed by atoms with Crippen molar-refractivity contribution in [3.8, 4) is 0 Å². The zero-order chi connectivity index (χ0) is 29.6. The Morgan fingerprint density at radius 2 is 0.652 bits per heavy atom. The molecule has 5 aliphatic heterocycles. The third-order valence-corrected chi connectivity index (χ3v) is 15.5. The summed E-state index contributed by atoms with van der Waals surface area (Å²) in [5.41, 5.74) is 0. The van der Waals surface area contributed by atoms with Crippen LogP contribution in [-0.4, -0.2) is 67.5 Å². The molecule has 2 radical (unpaired) electrons. The van der Waals surface area contributed by atoms with Crippen LogP contribution in [0.15, 0.2) is 0 Å². The molecule has 4 aliphatic carbocycles. The predicted octanol–water partition coefficient (Wildman–Crippen LogP) is 1.47. The van der Waals surface area contributed by atoms with Crippen molar-refractivity contribution in [1.29, 1.82) is 0 Å². The van der Waals surface area contributed by atoms with Crippen molar-refractivity contribution in [2.24, 2.45) is 47.3 Å². The van der Waals surface area contributed by atoms with E-state index >= 15 is 0 Å². The summed E-state index contributed by atoms with van der Waals surface area (Å²) in [6.45, 7) is 0. The van der Waals surface area contributed by atoms with E-state index in [1.807, 2.05) is 0 Å². The van der Waals surface area contributed by atoms with Gasteiger partial charge in [-0.2, -0.15) is 8.42 Å². The molecule has 17 atom stereocenters. The van der Waals surface area contributed by atoms with Gasteiger partial charge >= 0.3 is 0 Å². The zero-order valence-corrected chi connectivity index (χ0v) is 29.5. The van der Waals surface area contributed by atoms with Crippen LogP contribution in [0.4, 0.5) is 0 Å². The van der Waals surface area contributed by atoms with E-state index in [4.69, 9.17) is 0 Å². The minimum absolute atomic E-state index is 0. The van der Waals surface area contributed by atoms with E-state index in [-0.39, 0.29) is 82.7 Å². The van der Waals surface area contributed by atoms with Gasteiger partial charge in [0.25, 0.3) is 10.1 Å². The molecule has 9 aliphatic rings. The van der Waals surface area contributed by atoms with E-state index in [1.165, 1.54) is 77.0 Å². The fourth-order valence-electron chi connectivity index (χ4n) is 12.3. The molecule has 4 saturated carbocycles. The molecule has 0 spiro atoms. The second-order valence-corrected chi connectivity index (χ2v) is 17.9. The maximum Gasteiger partial charge on any atom is 0.268 e. The molecule has 17 unspecified atom stereocenters. The minimum atomic E-state index is -4.16. The smallest absolute Gasteiger partial charge is 0.268 e. The first-order valence-corrected chi connectivity index (χ1v) is 20.0. The summed E-state index contributed by atoms with van der Waals surface area (Å²) in [4.78, 5) is 0. The van der Waals surface area contributed by atoms with Crippen molar-refractivity contribution in [1.82, 2.24) is 42.5 Å². The van der Waals surface area contributed by atoms with Gasteiger partial charge < -0.3 is 0 Å².